The van der Waals surface area contributed by atoms with Gasteiger partial charge in [-0.05, 0) is 12.5 Å². The molecule has 1 N–H and O–H groups in total. The Morgan fingerprint density at radius 2 is 2.28 bits per heavy atom. The third-order valence-corrected chi connectivity index (χ3v) is 2.20. The van der Waals surface area contributed by atoms with Crippen molar-refractivity contribution in [3.63, 3.8) is 0 Å². The first kappa shape index (κ1) is 13.9. The smallest absolute Gasteiger partial charge is 0.357 e. The van der Waals surface area contributed by atoms with E-state index in [1.165, 1.54) is 14.0 Å². The van der Waals surface area contributed by atoms with Crippen LogP contribution in [0.1, 0.15) is 29.4 Å². The number of nitrogens with one attached hydrogen (secondary N) is 1. The molecule has 18 heavy (non-hydrogen) atoms. The summed E-state index contributed by atoms with van der Waals surface area (Å²) < 4.78 is 4.64. The van der Waals surface area contributed by atoms with E-state index < -0.39 is 5.97 Å². The Bertz CT molecular complexity index is 455. The Hall–Kier alpha value is -2.17. The van der Waals surface area contributed by atoms with E-state index in [2.05, 4.69) is 15.0 Å². The second-order valence-corrected chi connectivity index (χ2v) is 3.61. The molecule has 0 unspecified atom stereocenters. The third-order valence-electron chi connectivity index (χ3n) is 2.20. The highest BCUT2D eigenvalue weighted by atomic mass is 16.5. The molecular formula is C13H16N2O3. The SMILES string of the molecule is COC(=O)c1ncccc1C=CCCNC(C)=O. The molecule has 0 fully saturated rings. The lowest BCUT2D eigenvalue weighted by molar-refractivity contribution is -0.118. The van der Waals surface area contributed by atoms with Crippen molar-refractivity contribution in [3.05, 3.63) is 35.7 Å². The van der Waals surface area contributed by atoms with Gasteiger partial charge >= 0.3 is 5.97 Å². The molecule has 0 radical (unpaired) electrons. The molecule has 5 heteroatoms. The number of nitrogens with zero attached hydrogens (tertiary/aromatic N) is 1. The van der Waals surface area contributed by atoms with Crippen molar-refractivity contribution in [2.24, 2.45) is 0 Å². The lowest BCUT2D eigenvalue weighted by atomic mass is 10.1. The van der Waals surface area contributed by atoms with E-state index in [4.69, 9.17) is 0 Å². The van der Waals surface area contributed by atoms with Gasteiger partial charge in [-0.2, -0.15) is 0 Å². The van der Waals surface area contributed by atoms with E-state index in [0.29, 0.717) is 18.5 Å². The van der Waals surface area contributed by atoms with Gasteiger partial charge in [0.1, 0.15) is 0 Å². The van der Waals surface area contributed by atoms with Crippen LogP contribution in [0.4, 0.5) is 0 Å². The average Bonchev–Trinajstić information content (AvgIpc) is 2.37. The molecule has 1 amide bonds. The molecule has 0 spiro atoms. The summed E-state index contributed by atoms with van der Waals surface area (Å²) in [5.74, 6) is -0.517. The Balaban J connectivity index is 2.63. The fourth-order valence-electron chi connectivity index (χ4n) is 1.36. The first-order chi connectivity index (χ1) is 8.65. The van der Waals surface area contributed by atoms with E-state index in [9.17, 15) is 9.59 Å². The predicted octanol–water partition coefficient (Wildman–Crippen LogP) is 1.41. The number of hydrogen-bond donors (Lipinski definition) is 1. The summed E-state index contributed by atoms with van der Waals surface area (Å²) in [4.78, 5) is 26.1. The predicted molar refractivity (Wildman–Crippen MR) is 67.9 cm³/mol. The second-order valence-electron chi connectivity index (χ2n) is 3.61. The van der Waals surface area contributed by atoms with Gasteiger partial charge < -0.3 is 10.1 Å². The Labute approximate surface area is 106 Å². The number of ether oxygens (including phenoxy) is 1. The summed E-state index contributed by atoms with van der Waals surface area (Å²) in [6.07, 6.45) is 5.90. The van der Waals surface area contributed by atoms with E-state index in [1.807, 2.05) is 6.08 Å². The molecule has 1 heterocycles. The average molecular weight is 248 g/mol. The number of amides is 1. The van der Waals surface area contributed by atoms with Crippen molar-refractivity contribution < 1.29 is 14.3 Å². The van der Waals surface area contributed by atoms with Crippen LogP contribution in [0.5, 0.6) is 0 Å². The van der Waals surface area contributed by atoms with Crippen LogP contribution in [-0.2, 0) is 9.53 Å². The van der Waals surface area contributed by atoms with Gasteiger partial charge in [0.25, 0.3) is 0 Å². The maximum absolute atomic E-state index is 11.4. The molecular weight excluding hydrogens is 232 g/mol. The minimum Gasteiger partial charge on any atom is -0.464 e. The standard InChI is InChI=1S/C13H16N2O3/c1-10(16)14-8-4-3-6-11-7-5-9-15-12(11)13(17)18-2/h3,5-7,9H,4,8H2,1-2H3,(H,14,16). The zero-order valence-electron chi connectivity index (χ0n) is 10.5. The molecule has 96 valence electrons. The maximum Gasteiger partial charge on any atom is 0.357 e. The lowest BCUT2D eigenvalue weighted by Crippen LogP contribution is -2.20. The number of aromatic nitrogens is 1. The summed E-state index contributed by atoms with van der Waals surface area (Å²) in [6.45, 7) is 2.04. The van der Waals surface area contributed by atoms with Crippen LogP contribution in [0, 0.1) is 0 Å². The van der Waals surface area contributed by atoms with Crippen LogP contribution in [0.25, 0.3) is 6.08 Å². The van der Waals surface area contributed by atoms with Crippen molar-refractivity contribution in [2.75, 3.05) is 13.7 Å². The lowest BCUT2D eigenvalue weighted by Gasteiger charge is -2.02. The molecule has 0 aliphatic rings. The van der Waals surface area contributed by atoms with Gasteiger partial charge in [0.15, 0.2) is 5.69 Å². The zero-order chi connectivity index (χ0) is 13.4. The number of carbonyl (C=O) groups excluding carboxylic acids is 2. The molecule has 0 aromatic carbocycles. The largest absolute Gasteiger partial charge is 0.464 e. The molecule has 1 aromatic rings. The number of carbonyl (C=O) groups is 2. The number of rotatable bonds is 5. The van der Waals surface area contributed by atoms with Crippen molar-refractivity contribution in [1.29, 1.82) is 0 Å². The fraction of sp³-hybridized carbons (Fsp3) is 0.308. The summed E-state index contributed by atoms with van der Waals surface area (Å²) >= 11 is 0. The first-order valence-corrected chi connectivity index (χ1v) is 5.59. The van der Waals surface area contributed by atoms with Gasteiger partial charge in [0.05, 0.1) is 7.11 Å². The number of methoxy groups -OCH3 is 1. The minimum absolute atomic E-state index is 0.0555. The van der Waals surface area contributed by atoms with Gasteiger partial charge in [0, 0.05) is 25.2 Å². The summed E-state index contributed by atoms with van der Waals surface area (Å²) in [5, 5.41) is 2.68. The Morgan fingerprint density at radius 1 is 1.50 bits per heavy atom. The first-order valence-electron chi connectivity index (χ1n) is 5.59. The Morgan fingerprint density at radius 3 is 2.94 bits per heavy atom. The van der Waals surface area contributed by atoms with Crippen LogP contribution in [0.2, 0.25) is 0 Å². The number of esters is 1. The molecule has 0 bridgehead atoms. The molecule has 1 rings (SSSR count). The number of pyridine rings is 1. The molecule has 0 saturated carbocycles. The van der Waals surface area contributed by atoms with E-state index in [0.717, 1.165) is 0 Å². The summed E-state index contributed by atoms with van der Waals surface area (Å²) in [6, 6.07) is 3.54. The van der Waals surface area contributed by atoms with Crippen LogP contribution in [-0.4, -0.2) is 30.5 Å². The molecule has 0 saturated heterocycles. The minimum atomic E-state index is -0.461. The van der Waals surface area contributed by atoms with Crippen molar-refractivity contribution in [2.45, 2.75) is 13.3 Å². The van der Waals surface area contributed by atoms with Crippen LogP contribution >= 0.6 is 0 Å². The molecule has 1 aromatic heterocycles. The fourth-order valence-corrected chi connectivity index (χ4v) is 1.36. The maximum atomic E-state index is 11.4. The monoisotopic (exact) mass is 248 g/mol. The highest BCUT2D eigenvalue weighted by Gasteiger charge is 2.10. The normalized spacial score (nSPS) is 10.3. The molecule has 0 atom stereocenters. The van der Waals surface area contributed by atoms with Crippen LogP contribution in [0.3, 0.4) is 0 Å². The number of hydrogen-bond acceptors (Lipinski definition) is 4. The van der Waals surface area contributed by atoms with Gasteiger partial charge in [-0.25, -0.2) is 9.78 Å². The van der Waals surface area contributed by atoms with Gasteiger partial charge in [-0.3, -0.25) is 4.79 Å². The van der Waals surface area contributed by atoms with E-state index in [1.54, 1.807) is 24.4 Å². The van der Waals surface area contributed by atoms with Crippen molar-refractivity contribution >= 4 is 18.0 Å². The van der Waals surface area contributed by atoms with Gasteiger partial charge in [-0.1, -0.05) is 18.2 Å². The Kier molecular flexibility index (Phi) is 5.57. The van der Waals surface area contributed by atoms with Crippen molar-refractivity contribution in [3.8, 4) is 0 Å². The highest BCUT2D eigenvalue weighted by molar-refractivity contribution is 5.91. The van der Waals surface area contributed by atoms with Crippen LogP contribution in [0.15, 0.2) is 24.4 Å². The third kappa shape index (κ3) is 4.37. The van der Waals surface area contributed by atoms with Crippen LogP contribution < -0.4 is 5.32 Å². The molecule has 0 aliphatic carbocycles. The molecule has 0 aliphatic heterocycles. The van der Waals surface area contributed by atoms with Gasteiger partial charge in [0.2, 0.25) is 5.91 Å². The van der Waals surface area contributed by atoms with Gasteiger partial charge in [-0.15, -0.1) is 0 Å². The topological polar surface area (TPSA) is 68.3 Å². The van der Waals surface area contributed by atoms with E-state index in [-0.39, 0.29) is 11.6 Å². The summed E-state index contributed by atoms with van der Waals surface area (Å²) in [5.41, 5.74) is 0.989. The van der Waals surface area contributed by atoms with Crippen molar-refractivity contribution in [1.82, 2.24) is 10.3 Å². The zero-order valence-corrected chi connectivity index (χ0v) is 10.5. The summed E-state index contributed by atoms with van der Waals surface area (Å²) in [7, 11) is 1.32. The second kappa shape index (κ2) is 7.21. The highest BCUT2D eigenvalue weighted by Crippen LogP contribution is 2.09. The van der Waals surface area contributed by atoms with E-state index >= 15 is 0 Å². The molecule has 5 nitrogen and oxygen atoms in total. The quantitative estimate of drug-likeness (QED) is 0.632.